The van der Waals surface area contributed by atoms with Gasteiger partial charge in [-0.25, -0.2) is 9.78 Å². The van der Waals surface area contributed by atoms with Gasteiger partial charge in [-0.2, -0.15) is 0 Å². The van der Waals surface area contributed by atoms with Gasteiger partial charge in [0, 0.05) is 0 Å². The summed E-state index contributed by atoms with van der Waals surface area (Å²) in [6.45, 7) is 0.143. The van der Waals surface area contributed by atoms with Crippen molar-refractivity contribution in [3.05, 3.63) is 64.6 Å². The first-order chi connectivity index (χ1) is 9.65. The van der Waals surface area contributed by atoms with Crippen molar-refractivity contribution in [2.24, 2.45) is 0 Å². The number of fused-ring (bicyclic) bond motifs is 1. The number of carbonyl (C=O) groups is 1. The van der Waals surface area contributed by atoms with Crippen molar-refractivity contribution in [2.75, 3.05) is 0 Å². The molecule has 0 spiro atoms. The van der Waals surface area contributed by atoms with Crippen LogP contribution >= 0.6 is 0 Å². The van der Waals surface area contributed by atoms with E-state index in [1.54, 1.807) is 18.2 Å². The Morgan fingerprint density at radius 3 is 2.90 bits per heavy atom. The normalized spacial score (nSPS) is 10.8. The second-order valence-corrected chi connectivity index (χ2v) is 4.30. The molecule has 1 aromatic carbocycles. The highest BCUT2D eigenvalue weighted by Crippen LogP contribution is 2.10. The van der Waals surface area contributed by atoms with Gasteiger partial charge >= 0.3 is 5.97 Å². The van der Waals surface area contributed by atoms with E-state index in [-0.39, 0.29) is 17.7 Å². The third kappa shape index (κ3) is 2.07. The highest BCUT2D eigenvalue weighted by Gasteiger charge is 2.10. The molecule has 20 heavy (non-hydrogen) atoms. The molecule has 0 aliphatic heterocycles. The van der Waals surface area contributed by atoms with Gasteiger partial charge in [0.2, 0.25) is 0 Å². The average molecular weight is 270 g/mol. The molecule has 3 aromatic rings. The van der Waals surface area contributed by atoms with Crippen LogP contribution in [0.5, 0.6) is 0 Å². The molecule has 2 heterocycles. The number of rotatable bonds is 3. The first-order valence-electron chi connectivity index (χ1n) is 5.90. The van der Waals surface area contributed by atoms with Gasteiger partial charge < -0.3 is 9.52 Å². The molecule has 0 aliphatic rings. The summed E-state index contributed by atoms with van der Waals surface area (Å²) in [5.74, 6) is -0.675. The molecule has 100 valence electrons. The van der Waals surface area contributed by atoms with Crippen LogP contribution in [0.4, 0.5) is 0 Å². The molecule has 3 rings (SSSR count). The van der Waals surface area contributed by atoms with Crippen LogP contribution in [0.15, 0.2) is 52.1 Å². The Morgan fingerprint density at radius 1 is 1.35 bits per heavy atom. The molecule has 0 unspecified atom stereocenters. The Bertz CT molecular complexity index is 848. The molecule has 0 atom stereocenters. The summed E-state index contributed by atoms with van der Waals surface area (Å²) in [6.07, 6.45) is 2.57. The second kappa shape index (κ2) is 4.65. The summed E-state index contributed by atoms with van der Waals surface area (Å²) in [6, 6.07) is 8.43. The van der Waals surface area contributed by atoms with Gasteiger partial charge in [-0.15, -0.1) is 0 Å². The minimum atomic E-state index is -1.07. The molecule has 0 amide bonds. The van der Waals surface area contributed by atoms with Crippen LogP contribution in [0.1, 0.15) is 16.1 Å². The van der Waals surface area contributed by atoms with Gasteiger partial charge in [0.25, 0.3) is 5.56 Å². The lowest BCUT2D eigenvalue weighted by molar-refractivity contribution is 0.0696. The van der Waals surface area contributed by atoms with Gasteiger partial charge in [-0.1, -0.05) is 12.1 Å². The second-order valence-electron chi connectivity index (χ2n) is 4.30. The van der Waals surface area contributed by atoms with Crippen LogP contribution in [-0.2, 0) is 6.54 Å². The maximum absolute atomic E-state index is 12.2. The fourth-order valence-corrected chi connectivity index (χ4v) is 1.96. The van der Waals surface area contributed by atoms with Crippen molar-refractivity contribution in [2.45, 2.75) is 6.54 Å². The Labute approximate surface area is 112 Å². The number of hydrogen-bond acceptors (Lipinski definition) is 4. The Hall–Kier alpha value is -2.89. The number of carboxylic acid groups (broad SMARTS) is 1. The number of furan rings is 1. The van der Waals surface area contributed by atoms with Crippen molar-refractivity contribution in [3.63, 3.8) is 0 Å². The van der Waals surface area contributed by atoms with Crippen molar-refractivity contribution >= 4 is 16.9 Å². The molecular formula is C14H10N2O4. The molecular weight excluding hydrogens is 260 g/mol. The number of nitrogens with zero attached hydrogens (tertiary/aromatic N) is 2. The zero-order chi connectivity index (χ0) is 14.1. The van der Waals surface area contributed by atoms with Crippen LogP contribution in [0, 0.1) is 0 Å². The highest BCUT2D eigenvalue weighted by atomic mass is 16.4. The van der Waals surface area contributed by atoms with E-state index < -0.39 is 5.97 Å². The zero-order valence-electron chi connectivity index (χ0n) is 10.3. The number of para-hydroxylation sites is 1. The molecule has 2 aromatic heterocycles. The van der Waals surface area contributed by atoms with Crippen LogP contribution in [-0.4, -0.2) is 20.6 Å². The molecule has 0 radical (unpaired) electrons. The summed E-state index contributed by atoms with van der Waals surface area (Å²) in [4.78, 5) is 27.2. The Morgan fingerprint density at radius 2 is 2.15 bits per heavy atom. The van der Waals surface area contributed by atoms with Gasteiger partial charge in [0.15, 0.2) is 0 Å². The van der Waals surface area contributed by atoms with E-state index in [4.69, 9.17) is 9.52 Å². The fraction of sp³-hybridized carbons (Fsp3) is 0.0714. The van der Waals surface area contributed by atoms with Gasteiger partial charge in [0.1, 0.15) is 12.0 Å². The Kier molecular flexibility index (Phi) is 2.83. The predicted molar refractivity (Wildman–Crippen MR) is 70.8 cm³/mol. The SMILES string of the molecule is O=C(O)c1coc(Cn2cnc3ccccc3c2=O)c1. The van der Waals surface area contributed by atoms with Crippen molar-refractivity contribution < 1.29 is 14.3 Å². The summed E-state index contributed by atoms with van der Waals surface area (Å²) in [5.41, 5.74) is 0.491. The third-order valence-corrected chi connectivity index (χ3v) is 2.96. The third-order valence-electron chi connectivity index (χ3n) is 2.96. The van der Waals surface area contributed by atoms with Crippen LogP contribution in [0.2, 0.25) is 0 Å². The standard InChI is InChI=1S/C14H10N2O4/c17-13-11-3-1-2-4-12(11)15-8-16(13)6-10-5-9(7-20-10)14(18)19/h1-5,7-8H,6H2,(H,18,19). The van der Waals surface area contributed by atoms with E-state index in [2.05, 4.69) is 4.98 Å². The van der Waals surface area contributed by atoms with E-state index in [0.29, 0.717) is 16.7 Å². The quantitative estimate of drug-likeness (QED) is 0.783. The molecule has 0 fully saturated rings. The number of hydrogen-bond donors (Lipinski definition) is 1. The van der Waals surface area contributed by atoms with E-state index in [9.17, 15) is 9.59 Å². The summed E-state index contributed by atoms with van der Waals surface area (Å²) in [5, 5.41) is 9.33. The topological polar surface area (TPSA) is 85.3 Å². The first-order valence-corrected chi connectivity index (χ1v) is 5.90. The molecule has 1 N–H and O–H groups in total. The van der Waals surface area contributed by atoms with Crippen molar-refractivity contribution in [1.82, 2.24) is 9.55 Å². The maximum Gasteiger partial charge on any atom is 0.338 e. The number of aromatic nitrogens is 2. The lowest BCUT2D eigenvalue weighted by Crippen LogP contribution is -2.20. The monoisotopic (exact) mass is 270 g/mol. The summed E-state index contributed by atoms with van der Waals surface area (Å²) < 4.78 is 6.51. The summed E-state index contributed by atoms with van der Waals surface area (Å²) in [7, 11) is 0. The number of aromatic carboxylic acids is 1. The largest absolute Gasteiger partial charge is 0.478 e. The van der Waals surface area contributed by atoms with Crippen LogP contribution in [0.25, 0.3) is 10.9 Å². The molecule has 6 nitrogen and oxygen atoms in total. The first kappa shape index (κ1) is 12.2. The summed E-state index contributed by atoms with van der Waals surface area (Å²) >= 11 is 0. The smallest absolute Gasteiger partial charge is 0.338 e. The minimum Gasteiger partial charge on any atom is -0.478 e. The maximum atomic E-state index is 12.2. The zero-order valence-corrected chi connectivity index (χ0v) is 10.3. The highest BCUT2D eigenvalue weighted by molar-refractivity contribution is 5.87. The van der Waals surface area contributed by atoms with E-state index >= 15 is 0 Å². The van der Waals surface area contributed by atoms with Crippen molar-refractivity contribution in [1.29, 1.82) is 0 Å². The fourth-order valence-electron chi connectivity index (χ4n) is 1.96. The molecule has 6 heteroatoms. The molecule has 0 aliphatic carbocycles. The molecule has 0 bridgehead atoms. The van der Waals surface area contributed by atoms with Crippen LogP contribution in [0.3, 0.4) is 0 Å². The lowest BCUT2D eigenvalue weighted by Gasteiger charge is -2.04. The van der Waals surface area contributed by atoms with E-state index in [0.717, 1.165) is 6.26 Å². The van der Waals surface area contributed by atoms with E-state index in [1.807, 2.05) is 6.07 Å². The predicted octanol–water partition coefficient (Wildman–Crippen LogP) is 1.74. The number of benzene rings is 1. The van der Waals surface area contributed by atoms with E-state index in [1.165, 1.54) is 17.0 Å². The molecule has 0 saturated heterocycles. The molecule has 0 saturated carbocycles. The van der Waals surface area contributed by atoms with Gasteiger partial charge in [-0.3, -0.25) is 9.36 Å². The van der Waals surface area contributed by atoms with Gasteiger partial charge in [0.05, 0.1) is 29.3 Å². The van der Waals surface area contributed by atoms with Crippen LogP contribution < -0.4 is 5.56 Å². The minimum absolute atomic E-state index is 0.0572. The average Bonchev–Trinajstić information content (AvgIpc) is 2.91. The van der Waals surface area contributed by atoms with Gasteiger partial charge in [-0.05, 0) is 18.2 Å². The Balaban J connectivity index is 2.00. The van der Waals surface area contributed by atoms with Crippen molar-refractivity contribution in [3.8, 4) is 0 Å². The number of carboxylic acids is 1. The lowest BCUT2D eigenvalue weighted by atomic mass is 10.2.